The Morgan fingerprint density at radius 3 is 2.71 bits per heavy atom. The molecule has 1 aliphatic rings. The molecule has 0 aliphatic carbocycles. The quantitative estimate of drug-likeness (QED) is 0.585. The van der Waals surface area contributed by atoms with Crippen LogP contribution in [0.3, 0.4) is 0 Å². The number of ketones is 1. The van der Waals surface area contributed by atoms with Crippen LogP contribution in [0.2, 0.25) is 15.9 Å². The lowest BCUT2D eigenvalue weighted by Gasteiger charge is -2.31. The van der Waals surface area contributed by atoms with Crippen LogP contribution < -0.4 is 5.32 Å². The average molecular weight is 471 g/mol. The number of Topliss-reactive ketones (excluding diaryl/α,β-unsaturated/α-hetero) is 1. The van der Waals surface area contributed by atoms with Crippen molar-refractivity contribution in [1.29, 1.82) is 0 Å². The summed E-state index contributed by atoms with van der Waals surface area (Å²) in [5.74, 6) is -1.09. The van der Waals surface area contributed by atoms with E-state index in [1.54, 1.807) is 6.07 Å². The number of carbonyl (C=O) groups is 3. The number of rotatable bonds is 8. The first-order chi connectivity index (χ1) is 14.6. The number of nitrogens with one attached hydrogen (secondary N) is 1. The summed E-state index contributed by atoms with van der Waals surface area (Å²) in [7, 11) is 1.03. The minimum atomic E-state index is -0.798. The van der Waals surface area contributed by atoms with E-state index in [0.717, 1.165) is 0 Å². The molecule has 0 saturated carbocycles. The smallest absolute Gasteiger partial charge is 0.508 e. The maximum absolute atomic E-state index is 12.6. The van der Waals surface area contributed by atoms with Crippen LogP contribution in [0.5, 0.6) is 0 Å². The molecule has 2 atom stereocenters. The van der Waals surface area contributed by atoms with Gasteiger partial charge in [-0.05, 0) is 44.5 Å². The van der Waals surface area contributed by atoms with Gasteiger partial charge in [0, 0.05) is 29.9 Å². The van der Waals surface area contributed by atoms with E-state index < -0.39 is 13.0 Å². The molecule has 31 heavy (non-hydrogen) atoms. The molecule has 0 aromatic heterocycles. The molecule has 1 aliphatic heterocycles. The molecule has 1 saturated heterocycles. The zero-order valence-corrected chi connectivity index (χ0v) is 19.8. The zero-order chi connectivity index (χ0) is 23.1. The summed E-state index contributed by atoms with van der Waals surface area (Å²) in [6.07, 6.45) is 0.756. The summed E-state index contributed by atoms with van der Waals surface area (Å²) >= 11 is 12.0. The lowest BCUT2D eigenvalue weighted by atomic mass is 9.65. The summed E-state index contributed by atoms with van der Waals surface area (Å²) in [4.78, 5) is 39.1. The second kappa shape index (κ2) is 11.9. The maximum Gasteiger partial charge on any atom is 0.531 e. The maximum atomic E-state index is 12.6. The van der Waals surface area contributed by atoms with Crippen LogP contribution in [0.4, 0.5) is 0 Å². The van der Waals surface area contributed by atoms with Gasteiger partial charge in [0.2, 0.25) is 0 Å². The molecule has 0 bridgehead atoms. The van der Waals surface area contributed by atoms with Crippen molar-refractivity contribution in [3.05, 3.63) is 33.8 Å². The van der Waals surface area contributed by atoms with Gasteiger partial charge in [-0.25, -0.2) is 0 Å². The fourth-order valence-electron chi connectivity index (χ4n) is 3.36. The third kappa shape index (κ3) is 8.11. The number of hydrogen-bond acceptors (Lipinski definition) is 6. The molecule has 1 amide bonds. The van der Waals surface area contributed by atoms with E-state index >= 15 is 0 Å². The molecule has 0 radical (unpaired) electrons. The molecule has 2 rings (SSSR count). The van der Waals surface area contributed by atoms with Gasteiger partial charge in [-0.15, -0.1) is 0 Å². The van der Waals surface area contributed by atoms with Crippen LogP contribution in [0, 0.1) is 5.92 Å². The van der Waals surface area contributed by atoms with Crippen molar-refractivity contribution in [2.45, 2.75) is 45.5 Å². The van der Waals surface area contributed by atoms with E-state index in [0.29, 0.717) is 18.1 Å². The Morgan fingerprint density at radius 2 is 2.03 bits per heavy atom. The molecule has 1 fully saturated rings. The lowest BCUT2D eigenvalue weighted by molar-refractivity contribution is -0.139. The van der Waals surface area contributed by atoms with Gasteiger partial charge in [0.1, 0.15) is 0 Å². The highest BCUT2D eigenvalue weighted by Crippen LogP contribution is 2.28. The molecular weight excluding hydrogens is 442 g/mol. The van der Waals surface area contributed by atoms with E-state index in [4.69, 9.17) is 32.5 Å². The number of carbonyl (C=O) groups excluding carboxylic acids is 3. The van der Waals surface area contributed by atoms with E-state index in [9.17, 15) is 14.4 Å². The highest BCUT2D eigenvalue weighted by atomic mass is 35.5. The standard InChI is InChI=1S/C21H29BCl2N2O5/c1-13(2)7-15(22-30-12-14(3)26(4)11-20(28)31-22)8-17(27)10-25-21(29)18-9-16(23)5-6-19(18)24/h5-6,9,13-15H,7-8,10-12H2,1-4H3,(H,25,29)/t14-,15-/m1/s1. The summed E-state index contributed by atoms with van der Waals surface area (Å²) in [6.45, 7) is 6.41. The SMILES string of the molecule is CC(C)C[C@H](CC(=O)CNC(=O)c1cc(Cl)ccc1Cl)B1OC[C@@H](C)N(C)CC(=O)O1. The first kappa shape index (κ1) is 25.7. The molecular formula is C21H29BCl2N2O5. The van der Waals surface area contributed by atoms with Crippen molar-refractivity contribution in [3.8, 4) is 0 Å². The van der Waals surface area contributed by atoms with Crippen molar-refractivity contribution >= 4 is 48.0 Å². The molecule has 170 valence electrons. The number of likely N-dealkylation sites (N-methyl/N-ethyl adjacent to an activating group) is 1. The Hall–Kier alpha value is -1.61. The Balaban J connectivity index is 2.01. The van der Waals surface area contributed by atoms with Crippen LogP contribution in [0.1, 0.15) is 44.0 Å². The van der Waals surface area contributed by atoms with E-state index in [2.05, 4.69) is 5.32 Å². The number of amides is 1. The van der Waals surface area contributed by atoms with Gasteiger partial charge in [0.05, 0.1) is 23.7 Å². The van der Waals surface area contributed by atoms with Crippen LogP contribution in [0.25, 0.3) is 0 Å². The molecule has 1 aromatic rings. The van der Waals surface area contributed by atoms with Gasteiger partial charge in [-0.3, -0.25) is 19.3 Å². The van der Waals surface area contributed by atoms with Gasteiger partial charge in [0.15, 0.2) is 5.78 Å². The van der Waals surface area contributed by atoms with E-state index in [1.165, 1.54) is 12.1 Å². The fraction of sp³-hybridized carbons (Fsp3) is 0.571. The Kier molecular flexibility index (Phi) is 9.81. The molecule has 1 N–H and O–H groups in total. The summed E-state index contributed by atoms with van der Waals surface area (Å²) < 4.78 is 11.4. The molecule has 0 spiro atoms. The minimum absolute atomic E-state index is 0.0486. The summed E-state index contributed by atoms with van der Waals surface area (Å²) in [5.41, 5.74) is 0.205. The van der Waals surface area contributed by atoms with Crippen molar-refractivity contribution in [1.82, 2.24) is 10.2 Å². The molecule has 1 heterocycles. The molecule has 10 heteroatoms. The Morgan fingerprint density at radius 1 is 1.32 bits per heavy atom. The van der Waals surface area contributed by atoms with E-state index in [-0.39, 0.29) is 59.6 Å². The second-order valence-electron chi connectivity index (χ2n) is 8.39. The van der Waals surface area contributed by atoms with Crippen LogP contribution in [-0.2, 0) is 18.9 Å². The fourth-order valence-corrected chi connectivity index (χ4v) is 3.74. The lowest BCUT2D eigenvalue weighted by Crippen LogP contribution is -2.46. The second-order valence-corrected chi connectivity index (χ2v) is 9.24. The predicted molar refractivity (Wildman–Crippen MR) is 122 cm³/mol. The number of benzene rings is 1. The Bertz CT molecular complexity index is 808. The van der Waals surface area contributed by atoms with Gasteiger partial charge in [-0.1, -0.05) is 37.0 Å². The van der Waals surface area contributed by atoms with Gasteiger partial charge in [0.25, 0.3) is 5.91 Å². The monoisotopic (exact) mass is 470 g/mol. The Labute approximate surface area is 193 Å². The first-order valence-corrected chi connectivity index (χ1v) is 11.1. The van der Waals surface area contributed by atoms with Gasteiger partial charge in [-0.2, -0.15) is 0 Å². The normalized spacial score (nSPS) is 18.9. The van der Waals surface area contributed by atoms with Crippen molar-refractivity contribution in [2.24, 2.45) is 5.92 Å². The summed E-state index contributed by atoms with van der Waals surface area (Å²) in [6, 6.07) is 4.60. The van der Waals surface area contributed by atoms with Crippen LogP contribution >= 0.6 is 23.2 Å². The van der Waals surface area contributed by atoms with Gasteiger partial charge < -0.3 is 14.6 Å². The molecule has 0 unspecified atom stereocenters. The van der Waals surface area contributed by atoms with Crippen LogP contribution in [0.15, 0.2) is 18.2 Å². The number of halogens is 2. The third-order valence-corrected chi connectivity index (χ3v) is 5.71. The average Bonchev–Trinajstić information content (AvgIpc) is 2.69. The zero-order valence-electron chi connectivity index (χ0n) is 18.3. The largest absolute Gasteiger partial charge is 0.531 e. The van der Waals surface area contributed by atoms with Crippen LogP contribution in [-0.4, -0.2) is 62.5 Å². The van der Waals surface area contributed by atoms with Crippen molar-refractivity contribution in [3.63, 3.8) is 0 Å². The van der Waals surface area contributed by atoms with Crippen molar-refractivity contribution < 1.29 is 23.7 Å². The third-order valence-electron chi connectivity index (χ3n) is 5.15. The highest BCUT2D eigenvalue weighted by Gasteiger charge is 2.38. The van der Waals surface area contributed by atoms with Crippen molar-refractivity contribution in [2.75, 3.05) is 26.7 Å². The number of hydrogen-bond donors (Lipinski definition) is 1. The number of nitrogens with zero attached hydrogens (tertiary/aromatic N) is 1. The van der Waals surface area contributed by atoms with E-state index in [1.807, 2.05) is 32.7 Å². The molecule has 7 nitrogen and oxygen atoms in total. The minimum Gasteiger partial charge on any atom is -0.508 e. The highest BCUT2D eigenvalue weighted by molar-refractivity contribution is 6.49. The first-order valence-electron chi connectivity index (χ1n) is 10.3. The van der Waals surface area contributed by atoms with Gasteiger partial charge >= 0.3 is 13.1 Å². The topological polar surface area (TPSA) is 84.9 Å². The summed E-state index contributed by atoms with van der Waals surface area (Å²) in [5, 5.41) is 3.21. The predicted octanol–water partition coefficient (Wildman–Crippen LogP) is 3.48. The molecule has 1 aromatic carbocycles.